The molecular weight excluding hydrogens is 1600 g/mol. The minimum Gasteiger partial charge on any atom is -0.383 e. The van der Waals surface area contributed by atoms with Crippen molar-refractivity contribution < 1.29 is 110 Å². The van der Waals surface area contributed by atoms with Crippen molar-refractivity contribution in [3.8, 4) is 0 Å². The molecule has 0 aromatic heterocycles. The van der Waals surface area contributed by atoms with Crippen molar-refractivity contribution >= 4 is 53.2 Å². The second-order valence-electron chi connectivity index (χ2n) is 42.7. The predicted octanol–water partition coefficient (Wildman–Crippen LogP) is 10.4. The first-order chi connectivity index (χ1) is 57.1. The van der Waals surface area contributed by atoms with Crippen LogP contribution in [0.1, 0.15) is 296 Å². The van der Waals surface area contributed by atoms with Crippen molar-refractivity contribution in [3.05, 3.63) is 0 Å². The van der Waals surface area contributed by atoms with Crippen molar-refractivity contribution in [3.63, 3.8) is 0 Å². The molecule has 1 aliphatic heterocycles. The van der Waals surface area contributed by atoms with Crippen molar-refractivity contribution in [2.45, 2.75) is 353 Å². The Morgan fingerprint density at radius 1 is 0.363 bits per heavy atom. The SMILES string of the molecule is CC1CC(=O)N(CCC(=O)N(CCOCCOCCOCCOCCC(=O)NC(C)(C)CCOC(C)(C)CCC(=O)NCCC(C)(C)OCC(C)(C)NC(=O)C(O)CC(C)(C)CCC(C)(C)C)CCOCCOCCOCCOCCC(=O)NC(C)(C)COC(C)(C)CCC(=O)NCCC(C)(C)OCC(C)(C)NC(=O)C(O)CC(C)(C)CCC(C)(C)C)C1=O. The van der Waals surface area contributed by atoms with Crippen LogP contribution in [-0.2, 0) is 100.0 Å². The minimum atomic E-state index is -1.13. The monoisotopic (exact) mass is 1770 g/mol. The van der Waals surface area contributed by atoms with Crippen LogP contribution in [0.2, 0.25) is 0 Å². The van der Waals surface area contributed by atoms with Crippen molar-refractivity contribution in [2.75, 3.05) is 165 Å². The number of rotatable bonds is 72. The van der Waals surface area contributed by atoms with Gasteiger partial charge in [0.2, 0.25) is 53.2 Å². The van der Waals surface area contributed by atoms with Gasteiger partial charge in [-0.1, -0.05) is 76.2 Å². The van der Waals surface area contributed by atoms with E-state index in [9.17, 15) is 53.4 Å². The summed E-state index contributed by atoms with van der Waals surface area (Å²) in [6.07, 6.45) is 5.78. The van der Waals surface area contributed by atoms with Crippen molar-refractivity contribution in [2.24, 2.45) is 27.6 Å². The summed E-state index contributed by atoms with van der Waals surface area (Å²) in [7, 11) is 0. The van der Waals surface area contributed by atoms with Crippen LogP contribution in [0.4, 0.5) is 0 Å². The largest absolute Gasteiger partial charge is 0.383 e. The van der Waals surface area contributed by atoms with Crippen LogP contribution < -0.4 is 31.9 Å². The van der Waals surface area contributed by atoms with Gasteiger partial charge in [-0.15, -0.1) is 0 Å². The Balaban J connectivity index is 2.29. The first-order valence-corrected chi connectivity index (χ1v) is 45.5. The van der Waals surface area contributed by atoms with Gasteiger partial charge in [-0.25, -0.2) is 0 Å². The number of amides is 9. The smallest absolute Gasteiger partial charge is 0.249 e. The summed E-state index contributed by atoms with van der Waals surface area (Å²) in [6.45, 7) is 60.5. The molecule has 9 amide bonds. The number of hydrogen-bond acceptors (Lipinski definition) is 23. The number of nitrogens with one attached hydrogen (secondary N) is 6. The molecule has 1 aliphatic rings. The number of carbonyl (C=O) groups excluding carboxylic acids is 9. The summed E-state index contributed by atoms with van der Waals surface area (Å²) < 4.78 is 70.3. The maximum absolute atomic E-state index is 13.4. The lowest BCUT2D eigenvalue weighted by Crippen LogP contribution is -2.52. The van der Waals surface area contributed by atoms with Crippen molar-refractivity contribution in [1.29, 1.82) is 0 Å². The van der Waals surface area contributed by atoms with Gasteiger partial charge in [-0.05, 0) is 203 Å². The van der Waals surface area contributed by atoms with Crippen LogP contribution >= 0.6 is 0 Å². The van der Waals surface area contributed by atoms with E-state index in [1.54, 1.807) is 11.8 Å². The number of aliphatic hydroxyl groups excluding tert-OH is 2. The molecule has 124 heavy (non-hydrogen) atoms. The highest BCUT2D eigenvalue weighted by Crippen LogP contribution is 2.36. The Labute approximate surface area is 747 Å². The number of imide groups is 1. The lowest BCUT2D eigenvalue weighted by Gasteiger charge is -2.34. The molecule has 1 heterocycles. The molecule has 1 fully saturated rings. The van der Waals surface area contributed by atoms with Gasteiger partial charge in [-0.2, -0.15) is 0 Å². The maximum Gasteiger partial charge on any atom is 0.249 e. The zero-order chi connectivity index (χ0) is 94.5. The van der Waals surface area contributed by atoms with E-state index in [-0.39, 0.29) is 194 Å². The van der Waals surface area contributed by atoms with E-state index in [4.69, 9.17) is 56.8 Å². The number of carbonyl (C=O) groups is 9. The molecule has 0 bridgehead atoms. The molecule has 726 valence electrons. The van der Waals surface area contributed by atoms with E-state index in [1.807, 2.05) is 111 Å². The van der Waals surface area contributed by atoms with Crippen molar-refractivity contribution in [1.82, 2.24) is 41.7 Å². The first-order valence-electron chi connectivity index (χ1n) is 45.5. The van der Waals surface area contributed by atoms with Gasteiger partial charge in [0.1, 0.15) is 12.2 Å². The maximum atomic E-state index is 13.4. The third-order valence-electron chi connectivity index (χ3n) is 21.3. The molecule has 0 radical (unpaired) electrons. The molecule has 31 nitrogen and oxygen atoms in total. The van der Waals surface area contributed by atoms with E-state index in [0.717, 1.165) is 30.6 Å². The average molecular weight is 1770 g/mol. The molecule has 0 spiro atoms. The third-order valence-corrected chi connectivity index (χ3v) is 21.3. The second kappa shape index (κ2) is 56.5. The number of ether oxygens (including phenoxy) is 12. The Morgan fingerprint density at radius 2 is 0.677 bits per heavy atom. The van der Waals surface area contributed by atoms with Crippen LogP contribution in [0.5, 0.6) is 0 Å². The van der Waals surface area contributed by atoms with Crippen LogP contribution in [-0.4, -0.2) is 295 Å². The van der Waals surface area contributed by atoms with Gasteiger partial charge < -0.3 is 104 Å². The first kappa shape index (κ1) is 117. The molecule has 1 saturated heterocycles. The van der Waals surface area contributed by atoms with Gasteiger partial charge >= 0.3 is 0 Å². The fraction of sp³-hybridized carbons (Fsp3) is 0.903. The van der Waals surface area contributed by atoms with E-state index >= 15 is 0 Å². The summed E-state index contributed by atoms with van der Waals surface area (Å²) >= 11 is 0. The number of likely N-dealkylation sites (tertiary alicyclic amines) is 1. The molecule has 31 heteroatoms. The van der Waals surface area contributed by atoms with Gasteiger partial charge in [0, 0.05) is 89.3 Å². The molecule has 0 aliphatic carbocycles. The fourth-order valence-corrected chi connectivity index (χ4v) is 12.8. The highest BCUT2D eigenvalue weighted by molar-refractivity contribution is 6.03. The summed E-state index contributed by atoms with van der Waals surface area (Å²) in [5.41, 5.74) is -5.15. The van der Waals surface area contributed by atoms with Gasteiger partial charge in [0.25, 0.3) is 0 Å². The Bertz CT molecular complexity index is 3110. The lowest BCUT2D eigenvalue weighted by molar-refractivity contribution is -0.141. The zero-order valence-corrected chi connectivity index (χ0v) is 82.3. The lowest BCUT2D eigenvalue weighted by atomic mass is 9.77. The summed E-state index contributed by atoms with van der Waals surface area (Å²) in [5, 5.41) is 39.5. The second-order valence-corrected chi connectivity index (χ2v) is 42.7. The quantitative estimate of drug-likeness (QED) is 0.0207. The van der Waals surface area contributed by atoms with Crippen LogP contribution in [0.25, 0.3) is 0 Å². The van der Waals surface area contributed by atoms with E-state index in [1.165, 1.54) is 0 Å². The summed E-state index contributed by atoms with van der Waals surface area (Å²) in [5.74, 6) is -2.61. The number of hydrogen-bond donors (Lipinski definition) is 8. The molecule has 3 unspecified atom stereocenters. The van der Waals surface area contributed by atoms with E-state index < -0.39 is 74.5 Å². The van der Waals surface area contributed by atoms with Gasteiger partial charge in [-0.3, -0.25) is 48.1 Å². The van der Waals surface area contributed by atoms with Crippen LogP contribution in [0.3, 0.4) is 0 Å². The topological polar surface area (TPSA) is 384 Å². The third kappa shape index (κ3) is 60.6. The zero-order valence-electron chi connectivity index (χ0n) is 82.3. The molecule has 8 N–H and O–H groups in total. The summed E-state index contributed by atoms with van der Waals surface area (Å²) in [4.78, 5) is 119. The van der Waals surface area contributed by atoms with Gasteiger partial charge in [0.05, 0.1) is 165 Å². The van der Waals surface area contributed by atoms with E-state index in [0.29, 0.717) is 117 Å². The standard InChI is InChI=1S/C93H176N8O23/c1-70-64-78(109)101(81(70)112)44-30-77(108)100(46-51-116-55-59-120-63-61-118-57-53-114-48-32-76(107)97-87(14,15)67-122-91(22,23)34-29-74(105)95-43-40-93(26,27)124-69-89(18,19)99-80(111)72(103)66-85(10,11)38-36-83(5,6)7)45-50-115-54-58-119-62-60-117-56-52-113-47-31-75(106)96-86(12,13)41-49-121-90(20,21)33-28-73(104)94-42-39-92(24,25)123-68-88(16,17)98-79(110)71(102)65-84(8,9)37-35-82(2,3)4/h70-72,102-103H,28-69H2,1-27H3,(H,94,104)(H,95,105)(H,96,106)(H,97,107)(H,98,110)(H,99,111). The highest BCUT2D eigenvalue weighted by Gasteiger charge is 2.38. The number of aliphatic hydroxyl groups is 2. The summed E-state index contributed by atoms with van der Waals surface area (Å²) in [6, 6.07) is 0. The average Bonchev–Trinajstić information content (AvgIpc) is 1.64. The molecular formula is C93H176N8O23. The fourth-order valence-electron chi connectivity index (χ4n) is 12.8. The molecule has 0 aromatic rings. The molecule has 0 saturated carbocycles. The molecule has 1 rings (SSSR count). The Morgan fingerprint density at radius 3 is 1.02 bits per heavy atom. The number of nitrogens with zero attached hydrogens (tertiary/aromatic N) is 2. The normalized spacial score (nSPS) is 15.0. The van der Waals surface area contributed by atoms with Crippen LogP contribution in [0.15, 0.2) is 0 Å². The Kier molecular flexibility index (Phi) is 53.2. The van der Waals surface area contributed by atoms with E-state index in [2.05, 4.69) is 101 Å². The minimum absolute atomic E-state index is 0.00000473. The predicted molar refractivity (Wildman–Crippen MR) is 481 cm³/mol. The molecule has 0 aromatic carbocycles. The van der Waals surface area contributed by atoms with Gasteiger partial charge in [0.15, 0.2) is 0 Å². The van der Waals surface area contributed by atoms with Crippen LogP contribution in [0, 0.1) is 27.6 Å². The molecule has 3 atom stereocenters. The highest BCUT2D eigenvalue weighted by atomic mass is 16.6. The Hall–Kier alpha value is -5.13.